The lowest BCUT2D eigenvalue weighted by atomic mass is 10.1. The van der Waals surface area contributed by atoms with Gasteiger partial charge in [-0.3, -0.25) is 0 Å². The van der Waals surface area contributed by atoms with Crippen molar-refractivity contribution in [3.05, 3.63) is 0 Å². The summed E-state index contributed by atoms with van der Waals surface area (Å²) in [5, 5.41) is 0. The minimum absolute atomic E-state index is 0.164. The molecule has 4 heteroatoms. The molecule has 1 saturated heterocycles. The van der Waals surface area contributed by atoms with Gasteiger partial charge in [0.2, 0.25) is 0 Å². The van der Waals surface area contributed by atoms with Crippen LogP contribution in [0.1, 0.15) is 33.6 Å². The lowest BCUT2D eigenvalue weighted by molar-refractivity contribution is 0.0188. The van der Waals surface area contributed by atoms with Gasteiger partial charge in [0.05, 0.1) is 6.04 Å². The Morgan fingerprint density at radius 3 is 2.47 bits per heavy atom. The minimum atomic E-state index is -0.414. The zero-order valence-corrected chi connectivity index (χ0v) is 9.69. The van der Waals surface area contributed by atoms with E-state index in [-0.39, 0.29) is 18.2 Å². The molecule has 1 amide bonds. The Hall–Kier alpha value is -0.770. The number of likely N-dealkylation sites (tertiary alicyclic amines) is 1. The zero-order chi connectivity index (χ0) is 11.2. The predicted molar refractivity (Wildman–Crippen MR) is 57.4 cm³/mol. The Morgan fingerprint density at radius 2 is 2.07 bits per heavy atom. The third kappa shape index (κ3) is 1.95. The first-order valence-electron chi connectivity index (χ1n) is 5.64. The van der Waals surface area contributed by atoms with Crippen LogP contribution in [0.25, 0.3) is 0 Å². The predicted octanol–water partition coefficient (Wildman–Crippen LogP) is 1.34. The number of ether oxygens (including phenoxy) is 1. The van der Waals surface area contributed by atoms with Crippen LogP contribution in [0.15, 0.2) is 0 Å². The van der Waals surface area contributed by atoms with E-state index in [1.807, 2.05) is 25.7 Å². The molecule has 0 aromatic carbocycles. The second kappa shape index (κ2) is 3.37. The molecule has 1 saturated carbocycles. The number of nitrogens with two attached hydrogens (primary N) is 1. The highest BCUT2D eigenvalue weighted by atomic mass is 16.6. The molecule has 4 nitrogen and oxygen atoms in total. The third-order valence-electron chi connectivity index (χ3n) is 3.28. The van der Waals surface area contributed by atoms with E-state index in [0.29, 0.717) is 5.92 Å². The van der Waals surface area contributed by atoms with Gasteiger partial charge in [-0.25, -0.2) is 4.79 Å². The van der Waals surface area contributed by atoms with E-state index < -0.39 is 5.60 Å². The second-order valence-corrected chi connectivity index (χ2v) is 5.61. The highest BCUT2D eigenvalue weighted by Crippen LogP contribution is 2.37. The van der Waals surface area contributed by atoms with Crippen LogP contribution in [0, 0.1) is 5.92 Å². The summed E-state index contributed by atoms with van der Waals surface area (Å²) in [6.07, 6.45) is 1.99. The summed E-state index contributed by atoms with van der Waals surface area (Å²) in [5.74, 6) is 0.488. The van der Waals surface area contributed by atoms with Crippen molar-refractivity contribution in [3.8, 4) is 0 Å². The number of hydrogen-bond donors (Lipinski definition) is 1. The van der Waals surface area contributed by atoms with Crippen LogP contribution in [-0.4, -0.2) is 35.2 Å². The van der Waals surface area contributed by atoms with Crippen molar-refractivity contribution in [3.63, 3.8) is 0 Å². The third-order valence-corrected chi connectivity index (χ3v) is 3.28. The number of hydrogen-bond acceptors (Lipinski definition) is 3. The highest BCUT2D eigenvalue weighted by molar-refractivity contribution is 5.69. The molecule has 2 aliphatic rings. The molecule has 0 aromatic heterocycles. The molecule has 86 valence electrons. The number of fused-ring (bicyclic) bond motifs is 2. The number of piperidine rings is 1. The van der Waals surface area contributed by atoms with Crippen LogP contribution in [0.3, 0.4) is 0 Å². The molecule has 2 N–H and O–H groups in total. The summed E-state index contributed by atoms with van der Waals surface area (Å²) in [5.41, 5.74) is 5.61. The fourth-order valence-electron chi connectivity index (χ4n) is 2.58. The molecule has 1 aliphatic carbocycles. The molecule has 3 atom stereocenters. The molecular formula is C11H20N2O2. The van der Waals surface area contributed by atoms with Crippen LogP contribution < -0.4 is 5.73 Å². The minimum Gasteiger partial charge on any atom is -0.444 e. The van der Waals surface area contributed by atoms with Gasteiger partial charge < -0.3 is 15.4 Å². The molecule has 0 radical (unpaired) electrons. The molecule has 0 unspecified atom stereocenters. The first kappa shape index (κ1) is 10.7. The molecule has 1 heterocycles. The summed E-state index contributed by atoms with van der Waals surface area (Å²) in [6, 6.07) is 0.377. The Morgan fingerprint density at radius 1 is 1.40 bits per heavy atom. The van der Waals surface area contributed by atoms with Crippen LogP contribution in [-0.2, 0) is 4.74 Å². The van der Waals surface area contributed by atoms with Gasteiger partial charge in [-0.1, -0.05) is 0 Å². The van der Waals surface area contributed by atoms with Gasteiger partial charge in [-0.05, 0) is 39.5 Å². The molecule has 2 rings (SSSR count). The summed E-state index contributed by atoms with van der Waals surface area (Å²) in [6.45, 7) is 6.44. The van der Waals surface area contributed by atoms with E-state index >= 15 is 0 Å². The smallest absolute Gasteiger partial charge is 0.410 e. The quantitative estimate of drug-likeness (QED) is 0.659. The molecule has 2 bridgehead atoms. The van der Waals surface area contributed by atoms with Gasteiger partial charge in [-0.2, -0.15) is 0 Å². The lowest BCUT2D eigenvalue weighted by Gasteiger charge is -2.30. The fraction of sp³-hybridized carbons (Fsp3) is 0.909. The zero-order valence-electron chi connectivity index (χ0n) is 9.69. The van der Waals surface area contributed by atoms with Crippen LogP contribution in [0.5, 0.6) is 0 Å². The van der Waals surface area contributed by atoms with Crippen molar-refractivity contribution < 1.29 is 9.53 Å². The monoisotopic (exact) mass is 212 g/mol. The first-order chi connectivity index (χ1) is 6.88. The topological polar surface area (TPSA) is 55.6 Å². The Kier molecular flexibility index (Phi) is 2.41. The second-order valence-electron chi connectivity index (χ2n) is 5.61. The van der Waals surface area contributed by atoms with E-state index in [0.717, 1.165) is 19.4 Å². The average molecular weight is 212 g/mol. The molecular weight excluding hydrogens is 192 g/mol. The number of amides is 1. The number of rotatable bonds is 0. The molecule has 1 aliphatic heterocycles. The number of carbonyl (C=O) groups is 1. The molecule has 0 aromatic rings. The van der Waals surface area contributed by atoms with Gasteiger partial charge in [0.15, 0.2) is 0 Å². The van der Waals surface area contributed by atoms with Gasteiger partial charge in [0.25, 0.3) is 0 Å². The maximum atomic E-state index is 11.8. The first-order valence-corrected chi connectivity index (χ1v) is 5.64. The van der Waals surface area contributed by atoms with Crippen molar-refractivity contribution in [1.82, 2.24) is 4.90 Å². The van der Waals surface area contributed by atoms with E-state index in [2.05, 4.69) is 0 Å². The largest absolute Gasteiger partial charge is 0.444 e. The average Bonchev–Trinajstić information content (AvgIpc) is 2.59. The molecule has 15 heavy (non-hydrogen) atoms. The van der Waals surface area contributed by atoms with Gasteiger partial charge in [0, 0.05) is 12.6 Å². The van der Waals surface area contributed by atoms with E-state index in [4.69, 9.17) is 10.5 Å². The number of carbonyl (C=O) groups excluding carboxylic acids is 1. The summed E-state index contributed by atoms with van der Waals surface area (Å²) in [4.78, 5) is 13.7. The van der Waals surface area contributed by atoms with Crippen LogP contribution in [0.4, 0.5) is 4.79 Å². The van der Waals surface area contributed by atoms with Crippen LogP contribution in [0.2, 0.25) is 0 Å². The Labute approximate surface area is 90.8 Å². The maximum Gasteiger partial charge on any atom is 0.410 e. The number of nitrogens with zero attached hydrogens (tertiary/aromatic N) is 1. The maximum absolute atomic E-state index is 11.8. The van der Waals surface area contributed by atoms with Crippen molar-refractivity contribution >= 4 is 6.09 Å². The summed E-state index contributed by atoms with van der Waals surface area (Å²) >= 11 is 0. The Bertz CT molecular complexity index is 272. The highest BCUT2D eigenvalue weighted by Gasteiger charge is 2.47. The summed E-state index contributed by atoms with van der Waals surface area (Å²) in [7, 11) is 0. The normalized spacial score (nSPS) is 34.7. The van der Waals surface area contributed by atoms with Crippen molar-refractivity contribution in [2.24, 2.45) is 11.7 Å². The van der Waals surface area contributed by atoms with E-state index in [9.17, 15) is 4.79 Å². The van der Waals surface area contributed by atoms with E-state index in [1.54, 1.807) is 0 Å². The van der Waals surface area contributed by atoms with Crippen LogP contribution >= 0.6 is 0 Å². The lowest BCUT2D eigenvalue weighted by Crippen LogP contribution is -2.44. The SMILES string of the molecule is CC(C)(C)OC(=O)N1C[C@@H]2CC[C@H]1[C@@H]2N. The van der Waals surface area contributed by atoms with Gasteiger partial charge in [0.1, 0.15) is 5.60 Å². The van der Waals surface area contributed by atoms with Gasteiger partial charge in [-0.15, -0.1) is 0 Å². The standard InChI is InChI=1S/C11H20N2O2/c1-11(2,3)15-10(14)13-6-7-4-5-8(13)9(7)12/h7-9H,4-6,12H2,1-3H3/t7-,8-,9+/m0/s1. The fourth-order valence-corrected chi connectivity index (χ4v) is 2.58. The van der Waals surface area contributed by atoms with Crippen molar-refractivity contribution in [2.75, 3.05) is 6.54 Å². The van der Waals surface area contributed by atoms with Gasteiger partial charge >= 0.3 is 6.09 Å². The summed E-state index contributed by atoms with van der Waals surface area (Å²) < 4.78 is 5.35. The van der Waals surface area contributed by atoms with Crippen molar-refractivity contribution in [2.45, 2.75) is 51.3 Å². The molecule has 2 fully saturated rings. The Balaban J connectivity index is 1.99. The van der Waals surface area contributed by atoms with Crippen molar-refractivity contribution in [1.29, 1.82) is 0 Å². The molecule has 0 spiro atoms. The van der Waals surface area contributed by atoms with E-state index in [1.165, 1.54) is 0 Å².